The zero-order chi connectivity index (χ0) is 15.2. The van der Waals surface area contributed by atoms with Gasteiger partial charge in [0.15, 0.2) is 0 Å². The Balaban J connectivity index is 2.38. The number of nitrogens with one attached hydrogen (secondary N) is 1. The first kappa shape index (κ1) is 16.6. The molecule has 0 saturated heterocycles. The Kier molecular flexibility index (Phi) is 6.12. The summed E-state index contributed by atoms with van der Waals surface area (Å²) in [5.74, 6) is -1.09. The molecule has 0 unspecified atom stereocenters. The second-order valence-electron chi connectivity index (χ2n) is 4.53. The van der Waals surface area contributed by atoms with Crippen LogP contribution in [0.25, 0.3) is 0 Å². The minimum atomic E-state index is -3.59. The first-order valence-electron chi connectivity index (χ1n) is 6.13. The van der Waals surface area contributed by atoms with Crippen molar-refractivity contribution in [1.29, 1.82) is 0 Å². The van der Waals surface area contributed by atoms with Crippen LogP contribution >= 0.6 is 0 Å². The standard InChI is InChI=1S/C13H19NO5S/c1-10(11(2)19-20(3,16)17)13(15)14-18-9-12-7-5-4-6-8-12/h4-8,10-11H,9H2,1-3H3,(H,14,15)/t10-,11+/m1/s1. The number of carbonyl (C=O) groups excluding carboxylic acids is 1. The summed E-state index contributed by atoms with van der Waals surface area (Å²) in [6.07, 6.45) is 0.186. The predicted octanol–water partition coefficient (Wildman–Crippen LogP) is 1.24. The summed E-state index contributed by atoms with van der Waals surface area (Å²) in [5, 5.41) is 0. The number of rotatable bonds is 7. The molecule has 1 amide bonds. The van der Waals surface area contributed by atoms with E-state index in [0.29, 0.717) is 0 Å². The largest absolute Gasteiger partial charge is 0.272 e. The Labute approximate surface area is 119 Å². The minimum Gasteiger partial charge on any atom is -0.272 e. The van der Waals surface area contributed by atoms with Crippen LogP contribution in [0.5, 0.6) is 0 Å². The molecular formula is C13H19NO5S. The highest BCUT2D eigenvalue weighted by Crippen LogP contribution is 2.10. The highest BCUT2D eigenvalue weighted by atomic mass is 32.2. The first-order valence-corrected chi connectivity index (χ1v) is 7.95. The molecule has 112 valence electrons. The summed E-state index contributed by atoms with van der Waals surface area (Å²) in [6.45, 7) is 3.32. The van der Waals surface area contributed by atoms with Crippen molar-refractivity contribution >= 4 is 16.0 Å². The van der Waals surface area contributed by atoms with E-state index < -0.39 is 28.0 Å². The molecule has 7 heteroatoms. The van der Waals surface area contributed by atoms with Crippen LogP contribution in [-0.2, 0) is 30.5 Å². The molecule has 0 aliphatic heterocycles. The highest BCUT2D eigenvalue weighted by Gasteiger charge is 2.24. The maximum absolute atomic E-state index is 11.7. The van der Waals surface area contributed by atoms with Crippen LogP contribution in [0.15, 0.2) is 30.3 Å². The van der Waals surface area contributed by atoms with Gasteiger partial charge in [0.05, 0.1) is 24.9 Å². The van der Waals surface area contributed by atoms with E-state index in [4.69, 9.17) is 9.02 Å². The van der Waals surface area contributed by atoms with E-state index in [1.807, 2.05) is 30.3 Å². The van der Waals surface area contributed by atoms with Crippen molar-refractivity contribution in [2.24, 2.45) is 5.92 Å². The van der Waals surface area contributed by atoms with E-state index in [1.54, 1.807) is 6.92 Å². The van der Waals surface area contributed by atoms with Crippen molar-refractivity contribution in [2.75, 3.05) is 6.26 Å². The molecule has 1 aromatic rings. The fourth-order valence-corrected chi connectivity index (χ4v) is 2.15. The average Bonchev–Trinajstić information content (AvgIpc) is 2.37. The molecule has 0 bridgehead atoms. The number of benzene rings is 1. The van der Waals surface area contributed by atoms with Crippen molar-refractivity contribution in [3.63, 3.8) is 0 Å². The van der Waals surface area contributed by atoms with Gasteiger partial charge in [-0.25, -0.2) is 5.48 Å². The minimum absolute atomic E-state index is 0.237. The molecular weight excluding hydrogens is 282 g/mol. The summed E-state index contributed by atoms with van der Waals surface area (Å²) in [6, 6.07) is 9.35. The second-order valence-corrected chi connectivity index (χ2v) is 6.14. The average molecular weight is 301 g/mol. The van der Waals surface area contributed by atoms with Crippen LogP contribution < -0.4 is 5.48 Å². The maximum atomic E-state index is 11.7. The topological polar surface area (TPSA) is 81.7 Å². The lowest BCUT2D eigenvalue weighted by Crippen LogP contribution is -2.36. The van der Waals surface area contributed by atoms with Crippen LogP contribution in [0.4, 0.5) is 0 Å². The molecule has 0 fully saturated rings. The van der Waals surface area contributed by atoms with E-state index in [2.05, 4.69) is 5.48 Å². The van der Waals surface area contributed by atoms with E-state index in [9.17, 15) is 13.2 Å². The Morgan fingerprint density at radius 2 is 1.85 bits per heavy atom. The van der Waals surface area contributed by atoms with Gasteiger partial charge in [0.2, 0.25) is 5.91 Å². The van der Waals surface area contributed by atoms with Gasteiger partial charge in [-0.1, -0.05) is 37.3 Å². The monoisotopic (exact) mass is 301 g/mol. The quantitative estimate of drug-likeness (QED) is 0.605. The smallest absolute Gasteiger partial charge is 0.264 e. The van der Waals surface area contributed by atoms with E-state index in [-0.39, 0.29) is 6.61 Å². The molecule has 0 saturated carbocycles. The van der Waals surface area contributed by atoms with Crippen LogP contribution in [0.1, 0.15) is 19.4 Å². The van der Waals surface area contributed by atoms with Gasteiger partial charge in [0.1, 0.15) is 0 Å². The Bertz CT molecular complexity index is 529. The lowest BCUT2D eigenvalue weighted by Gasteiger charge is -2.18. The van der Waals surface area contributed by atoms with Crippen LogP contribution in [0.3, 0.4) is 0 Å². The number of hydroxylamine groups is 1. The van der Waals surface area contributed by atoms with E-state index >= 15 is 0 Å². The third-order valence-electron chi connectivity index (χ3n) is 2.70. The molecule has 0 spiro atoms. The third kappa shape index (κ3) is 6.14. The predicted molar refractivity (Wildman–Crippen MR) is 73.9 cm³/mol. The molecule has 6 nitrogen and oxygen atoms in total. The molecule has 0 aliphatic rings. The number of hydrogen-bond acceptors (Lipinski definition) is 5. The Hall–Kier alpha value is -1.44. The van der Waals surface area contributed by atoms with Crippen LogP contribution in [-0.4, -0.2) is 26.7 Å². The molecule has 0 aliphatic carbocycles. The van der Waals surface area contributed by atoms with Crippen LogP contribution in [0.2, 0.25) is 0 Å². The molecule has 20 heavy (non-hydrogen) atoms. The zero-order valence-electron chi connectivity index (χ0n) is 11.7. The van der Waals surface area contributed by atoms with Gasteiger partial charge in [-0.3, -0.25) is 13.8 Å². The lowest BCUT2D eigenvalue weighted by molar-refractivity contribution is -0.140. The summed E-state index contributed by atoms with van der Waals surface area (Å²) in [7, 11) is -3.59. The molecule has 2 atom stereocenters. The van der Waals surface area contributed by atoms with Gasteiger partial charge < -0.3 is 0 Å². The molecule has 0 radical (unpaired) electrons. The zero-order valence-corrected chi connectivity index (χ0v) is 12.5. The number of hydrogen-bond donors (Lipinski definition) is 1. The van der Waals surface area contributed by atoms with Crippen molar-refractivity contribution < 1.29 is 22.2 Å². The maximum Gasteiger partial charge on any atom is 0.264 e. The number of carbonyl (C=O) groups is 1. The molecule has 0 aromatic heterocycles. The third-order valence-corrected chi connectivity index (χ3v) is 3.35. The van der Waals surface area contributed by atoms with Gasteiger partial charge in [-0.15, -0.1) is 0 Å². The molecule has 1 N–H and O–H groups in total. The lowest BCUT2D eigenvalue weighted by atomic mass is 10.1. The van der Waals surface area contributed by atoms with Gasteiger partial charge in [0, 0.05) is 0 Å². The van der Waals surface area contributed by atoms with Crippen molar-refractivity contribution in [3.05, 3.63) is 35.9 Å². The summed E-state index contributed by atoms with van der Waals surface area (Å²) >= 11 is 0. The summed E-state index contributed by atoms with van der Waals surface area (Å²) < 4.78 is 26.7. The van der Waals surface area contributed by atoms with Crippen LogP contribution in [0, 0.1) is 5.92 Å². The summed E-state index contributed by atoms with van der Waals surface area (Å²) in [5.41, 5.74) is 3.20. The normalized spacial score (nSPS) is 14.6. The molecule has 1 aromatic carbocycles. The molecule has 0 heterocycles. The van der Waals surface area contributed by atoms with E-state index in [0.717, 1.165) is 11.8 Å². The van der Waals surface area contributed by atoms with Gasteiger partial charge >= 0.3 is 0 Å². The van der Waals surface area contributed by atoms with E-state index in [1.165, 1.54) is 6.92 Å². The Morgan fingerprint density at radius 1 is 1.25 bits per heavy atom. The van der Waals surface area contributed by atoms with Crippen molar-refractivity contribution in [2.45, 2.75) is 26.6 Å². The fourth-order valence-electron chi connectivity index (χ4n) is 1.43. The SMILES string of the molecule is C[C@H](OS(C)(=O)=O)[C@@H](C)C(=O)NOCc1ccccc1. The number of amides is 1. The van der Waals surface area contributed by atoms with Crippen molar-refractivity contribution in [1.82, 2.24) is 5.48 Å². The highest BCUT2D eigenvalue weighted by molar-refractivity contribution is 7.86. The Morgan fingerprint density at radius 3 is 2.40 bits per heavy atom. The van der Waals surface area contributed by atoms with Gasteiger partial charge in [-0.2, -0.15) is 8.42 Å². The fraction of sp³-hybridized carbons (Fsp3) is 0.462. The summed E-state index contributed by atoms with van der Waals surface area (Å²) in [4.78, 5) is 16.8. The second kappa shape index (κ2) is 7.37. The van der Waals surface area contributed by atoms with Crippen molar-refractivity contribution in [3.8, 4) is 0 Å². The first-order chi connectivity index (χ1) is 9.29. The molecule has 1 rings (SSSR count). The van der Waals surface area contributed by atoms with Gasteiger partial charge in [0.25, 0.3) is 10.1 Å². The van der Waals surface area contributed by atoms with Gasteiger partial charge in [-0.05, 0) is 12.5 Å².